The van der Waals surface area contributed by atoms with Gasteiger partial charge in [-0.25, -0.2) is 0 Å². The number of fused-ring (bicyclic) bond motifs is 4. The van der Waals surface area contributed by atoms with E-state index in [1.165, 1.54) is 24.3 Å². The topological polar surface area (TPSA) is 126 Å². The van der Waals surface area contributed by atoms with E-state index in [4.69, 9.17) is 0 Å². The van der Waals surface area contributed by atoms with Gasteiger partial charge in [-0.15, -0.1) is 0 Å². The molecule has 2 heterocycles. The number of rotatable bonds is 4. The van der Waals surface area contributed by atoms with Crippen LogP contribution < -0.4 is 22.2 Å². The first kappa shape index (κ1) is 24.9. The Morgan fingerprint density at radius 2 is 0.738 bits per heavy atom. The SMILES string of the molecule is N#Cc1c2cc3c(=O)n(Cc4ccccc4)c(=O)c3cc2c(C#N)c2cc3c(=O)n(Cc4ccccc4)c(=O)c3cc12. The van der Waals surface area contributed by atoms with Gasteiger partial charge in [0, 0.05) is 21.5 Å². The van der Waals surface area contributed by atoms with Gasteiger partial charge in [0.05, 0.1) is 45.8 Å². The van der Waals surface area contributed by atoms with Crippen molar-refractivity contribution in [3.05, 3.63) is 149 Å². The first-order valence-electron chi connectivity index (χ1n) is 13.1. The second-order valence-corrected chi connectivity index (χ2v) is 10.2. The van der Waals surface area contributed by atoms with E-state index in [2.05, 4.69) is 12.1 Å². The molecule has 0 saturated carbocycles. The zero-order valence-electron chi connectivity index (χ0n) is 21.9. The molecule has 0 radical (unpaired) electrons. The smallest absolute Gasteiger partial charge is 0.261 e. The summed E-state index contributed by atoms with van der Waals surface area (Å²) >= 11 is 0. The minimum atomic E-state index is -0.491. The molecule has 0 amide bonds. The second kappa shape index (κ2) is 9.22. The summed E-state index contributed by atoms with van der Waals surface area (Å²) in [5.41, 5.74) is -0.111. The second-order valence-electron chi connectivity index (χ2n) is 10.2. The average molecular weight is 547 g/mol. The minimum Gasteiger partial charge on any atom is -0.270 e. The monoisotopic (exact) mass is 546 g/mol. The molecular weight excluding hydrogens is 528 g/mol. The van der Waals surface area contributed by atoms with Gasteiger partial charge in [0.15, 0.2) is 0 Å². The van der Waals surface area contributed by atoms with Crippen LogP contribution in [-0.2, 0) is 13.1 Å². The van der Waals surface area contributed by atoms with Crippen molar-refractivity contribution in [1.82, 2.24) is 9.13 Å². The van der Waals surface area contributed by atoms with E-state index in [1.807, 2.05) is 60.7 Å². The van der Waals surface area contributed by atoms with Gasteiger partial charge < -0.3 is 0 Å². The van der Waals surface area contributed by atoms with Crippen molar-refractivity contribution in [3.8, 4) is 12.1 Å². The van der Waals surface area contributed by atoms with Gasteiger partial charge >= 0.3 is 0 Å². The molecule has 0 aliphatic rings. The first-order chi connectivity index (χ1) is 20.4. The van der Waals surface area contributed by atoms with Crippen molar-refractivity contribution in [3.63, 3.8) is 0 Å². The van der Waals surface area contributed by atoms with Crippen molar-refractivity contribution < 1.29 is 0 Å². The maximum Gasteiger partial charge on any atom is 0.261 e. The zero-order chi connectivity index (χ0) is 29.1. The maximum atomic E-state index is 13.4. The molecule has 0 spiro atoms. The normalized spacial score (nSPS) is 11.4. The molecule has 7 aromatic rings. The third-order valence-corrected chi connectivity index (χ3v) is 7.89. The van der Waals surface area contributed by atoms with E-state index < -0.39 is 22.2 Å². The van der Waals surface area contributed by atoms with Crippen molar-refractivity contribution in [1.29, 1.82) is 10.5 Å². The fourth-order valence-corrected chi connectivity index (χ4v) is 5.85. The largest absolute Gasteiger partial charge is 0.270 e. The average Bonchev–Trinajstić information content (AvgIpc) is 3.38. The lowest BCUT2D eigenvalue weighted by Gasteiger charge is -2.09. The van der Waals surface area contributed by atoms with Crippen LogP contribution in [0, 0.1) is 22.7 Å². The number of hydrogen-bond donors (Lipinski definition) is 0. The molecule has 8 nitrogen and oxygen atoms in total. The Morgan fingerprint density at radius 3 is 1.00 bits per heavy atom. The molecule has 7 rings (SSSR count). The highest BCUT2D eigenvalue weighted by atomic mass is 16.2. The Hall–Kier alpha value is -6.12. The molecule has 0 N–H and O–H groups in total. The third kappa shape index (κ3) is 3.53. The zero-order valence-corrected chi connectivity index (χ0v) is 21.9. The molecule has 8 heteroatoms. The van der Waals surface area contributed by atoms with Gasteiger partial charge in [-0.3, -0.25) is 28.3 Å². The number of hydrogen-bond acceptors (Lipinski definition) is 6. The van der Waals surface area contributed by atoms with Gasteiger partial charge in [-0.1, -0.05) is 60.7 Å². The Bertz CT molecular complexity index is 2260. The summed E-state index contributed by atoms with van der Waals surface area (Å²) < 4.78 is 2.29. The highest BCUT2D eigenvalue weighted by Crippen LogP contribution is 2.35. The summed E-state index contributed by atoms with van der Waals surface area (Å²) in [5.74, 6) is 0. The van der Waals surface area contributed by atoms with Crippen molar-refractivity contribution >= 4 is 43.1 Å². The summed E-state index contributed by atoms with van der Waals surface area (Å²) in [7, 11) is 0. The molecule has 2 aromatic heterocycles. The molecule has 0 saturated heterocycles. The van der Waals surface area contributed by atoms with E-state index in [9.17, 15) is 29.7 Å². The van der Waals surface area contributed by atoms with Gasteiger partial charge in [0.25, 0.3) is 22.2 Å². The van der Waals surface area contributed by atoms with Gasteiger partial charge in [0.1, 0.15) is 12.1 Å². The number of aromatic nitrogens is 2. The van der Waals surface area contributed by atoms with Crippen LogP contribution in [0.4, 0.5) is 0 Å². The molecule has 0 bridgehead atoms. The first-order valence-corrected chi connectivity index (χ1v) is 13.1. The minimum absolute atomic E-state index is 0.0815. The van der Waals surface area contributed by atoms with E-state index in [0.29, 0.717) is 21.5 Å². The standard InChI is InChI=1S/C34H18N4O4/c35-15-29-21-11-25-26(32(40)37(31(25)39)17-19-7-3-1-4-8-19)12-22(21)30(16-36)24-14-28-27(13-23(24)29)33(41)38(34(28)42)18-20-9-5-2-6-10-20/h1-14H,17-18H2. The van der Waals surface area contributed by atoms with Crippen LogP contribution in [0.2, 0.25) is 0 Å². The lowest BCUT2D eigenvalue weighted by atomic mass is 9.90. The van der Waals surface area contributed by atoms with Crippen LogP contribution in [0.25, 0.3) is 43.1 Å². The summed E-state index contributed by atoms with van der Waals surface area (Å²) in [5, 5.41) is 22.4. The number of nitrogens with zero attached hydrogens (tertiary/aromatic N) is 4. The van der Waals surface area contributed by atoms with E-state index in [-0.39, 0.29) is 45.8 Å². The summed E-state index contributed by atoms with van der Waals surface area (Å²) in [6.45, 7) is 0.163. The Morgan fingerprint density at radius 1 is 0.452 bits per heavy atom. The van der Waals surface area contributed by atoms with Gasteiger partial charge in [-0.05, 0) is 35.4 Å². The van der Waals surface area contributed by atoms with Crippen LogP contribution in [0.3, 0.4) is 0 Å². The molecule has 5 aromatic carbocycles. The van der Waals surface area contributed by atoms with E-state index in [0.717, 1.165) is 20.3 Å². The molecule has 0 aliphatic heterocycles. The third-order valence-electron chi connectivity index (χ3n) is 7.89. The van der Waals surface area contributed by atoms with Crippen LogP contribution in [-0.4, -0.2) is 9.13 Å². The Kier molecular flexibility index (Phi) is 5.47. The number of benzene rings is 5. The quantitative estimate of drug-likeness (QED) is 0.307. The van der Waals surface area contributed by atoms with Crippen LogP contribution in [0.15, 0.2) is 104 Å². The van der Waals surface area contributed by atoms with Gasteiger partial charge in [-0.2, -0.15) is 10.5 Å². The highest BCUT2D eigenvalue weighted by Gasteiger charge is 2.22. The van der Waals surface area contributed by atoms with Crippen LogP contribution >= 0.6 is 0 Å². The fourth-order valence-electron chi connectivity index (χ4n) is 5.85. The summed E-state index contributed by atoms with van der Waals surface area (Å²) in [6, 6.07) is 28.5. The number of nitriles is 2. The Labute approximate surface area is 236 Å². The molecule has 0 unspecified atom stereocenters. The highest BCUT2D eigenvalue weighted by molar-refractivity contribution is 6.15. The van der Waals surface area contributed by atoms with Crippen LogP contribution in [0.1, 0.15) is 22.3 Å². The van der Waals surface area contributed by atoms with Crippen molar-refractivity contribution in [2.45, 2.75) is 13.1 Å². The van der Waals surface area contributed by atoms with Crippen LogP contribution in [0.5, 0.6) is 0 Å². The maximum absolute atomic E-state index is 13.4. The van der Waals surface area contributed by atoms with E-state index in [1.54, 1.807) is 0 Å². The molecule has 0 atom stereocenters. The van der Waals surface area contributed by atoms with Crippen molar-refractivity contribution in [2.24, 2.45) is 0 Å². The Balaban J connectivity index is 1.53. The van der Waals surface area contributed by atoms with Crippen molar-refractivity contribution in [2.75, 3.05) is 0 Å². The summed E-state index contributed by atoms with van der Waals surface area (Å²) in [6.07, 6.45) is 0. The molecule has 42 heavy (non-hydrogen) atoms. The van der Waals surface area contributed by atoms with Gasteiger partial charge in [0.2, 0.25) is 0 Å². The lowest BCUT2D eigenvalue weighted by Crippen LogP contribution is -2.25. The molecule has 198 valence electrons. The lowest BCUT2D eigenvalue weighted by molar-refractivity contribution is 0.755. The molecule has 0 aliphatic carbocycles. The fraction of sp³-hybridized carbons (Fsp3) is 0.0588. The van der Waals surface area contributed by atoms with E-state index >= 15 is 0 Å². The predicted octanol–water partition coefficient (Wildman–Crippen LogP) is 4.06. The molecule has 0 fully saturated rings. The predicted molar refractivity (Wildman–Crippen MR) is 160 cm³/mol. The summed E-state index contributed by atoms with van der Waals surface area (Å²) in [4.78, 5) is 53.4. The molecular formula is C34H18N4O4.